The Hall–Kier alpha value is -2.83. The summed E-state index contributed by atoms with van der Waals surface area (Å²) < 4.78 is 30.0. The number of nitrogens with one attached hydrogen (secondary N) is 1. The number of imidazole rings is 1. The molecule has 5 nitrogen and oxygen atoms in total. The highest BCUT2D eigenvalue weighted by Crippen LogP contribution is 2.25. The Balaban J connectivity index is 1.62. The van der Waals surface area contributed by atoms with E-state index < -0.39 is 10.0 Å². The first-order valence-electron chi connectivity index (χ1n) is 8.67. The number of hydrogen-bond donors (Lipinski definition) is 1. The number of sulfonamides is 1. The number of fused-ring (bicyclic) bond motifs is 1. The number of nitrogens with zero attached hydrogens (tertiary/aromatic N) is 2. The van der Waals surface area contributed by atoms with Gasteiger partial charge in [0.2, 0.25) is 0 Å². The lowest BCUT2D eigenvalue weighted by atomic mass is 10.1. The topological polar surface area (TPSA) is 63.5 Å². The number of anilines is 1. The molecule has 0 spiro atoms. The average molecular weight is 412 g/mol. The molecule has 0 amide bonds. The number of hydrogen-bond acceptors (Lipinski definition) is 3. The van der Waals surface area contributed by atoms with Crippen molar-refractivity contribution in [2.24, 2.45) is 0 Å². The van der Waals surface area contributed by atoms with Crippen LogP contribution in [0.15, 0.2) is 71.9 Å². The van der Waals surface area contributed by atoms with Gasteiger partial charge in [0.25, 0.3) is 10.0 Å². The Labute approximate surface area is 168 Å². The molecule has 0 saturated carbocycles. The fraction of sp³-hybridized carbons (Fsp3) is 0.0952. The highest BCUT2D eigenvalue weighted by atomic mass is 35.5. The standard InChI is InChI=1S/C21H18ClN3O2S/c1-14-5-8-17(22)12-20(14)28(26,27)24-18-9-6-16(7-10-18)19-13-25-11-3-4-15(2)21(25)23-19/h3-13,24H,1-2H3. The molecule has 2 heterocycles. The monoisotopic (exact) mass is 411 g/mol. The molecule has 0 aliphatic rings. The fourth-order valence-corrected chi connectivity index (χ4v) is 4.64. The van der Waals surface area contributed by atoms with Crippen LogP contribution in [0.1, 0.15) is 11.1 Å². The summed E-state index contributed by atoms with van der Waals surface area (Å²) >= 11 is 5.96. The summed E-state index contributed by atoms with van der Waals surface area (Å²) in [5.74, 6) is 0. The van der Waals surface area contributed by atoms with Gasteiger partial charge in [0.05, 0.1) is 10.6 Å². The van der Waals surface area contributed by atoms with E-state index in [1.54, 1.807) is 31.2 Å². The molecule has 2 aromatic carbocycles. The van der Waals surface area contributed by atoms with E-state index >= 15 is 0 Å². The van der Waals surface area contributed by atoms with E-state index in [9.17, 15) is 8.42 Å². The molecule has 0 unspecified atom stereocenters. The number of aromatic nitrogens is 2. The summed E-state index contributed by atoms with van der Waals surface area (Å²) in [6, 6.07) is 15.9. The van der Waals surface area contributed by atoms with Gasteiger partial charge in [-0.15, -0.1) is 0 Å². The van der Waals surface area contributed by atoms with Crippen LogP contribution in [0.4, 0.5) is 5.69 Å². The van der Waals surface area contributed by atoms with Crippen molar-refractivity contribution in [3.8, 4) is 11.3 Å². The van der Waals surface area contributed by atoms with Crippen molar-refractivity contribution < 1.29 is 8.42 Å². The van der Waals surface area contributed by atoms with E-state index in [4.69, 9.17) is 11.6 Å². The molecule has 0 radical (unpaired) electrons. The minimum absolute atomic E-state index is 0.167. The Bertz CT molecular complexity index is 1280. The number of halogens is 1. The molecule has 0 atom stereocenters. The molecule has 142 valence electrons. The Morgan fingerprint density at radius 1 is 1.00 bits per heavy atom. The number of rotatable bonds is 4. The molecule has 2 aromatic heterocycles. The van der Waals surface area contributed by atoms with E-state index in [1.807, 2.05) is 48.0 Å². The third-order valence-corrected chi connectivity index (χ3v) is 6.31. The van der Waals surface area contributed by atoms with Gasteiger partial charge in [0.15, 0.2) is 0 Å². The normalized spacial score (nSPS) is 11.7. The molecular formula is C21H18ClN3O2S. The first-order valence-corrected chi connectivity index (χ1v) is 10.5. The van der Waals surface area contributed by atoms with Crippen molar-refractivity contribution in [2.75, 3.05) is 4.72 Å². The SMILES string of the molecule is Cc1ccc(Cl)cc1S(=O)(=O)Nc1ccc(-c2cn3cccc(C)c3n2)cc1. The van der Waals surface area contributed by atoms with Crippen LogP contribution in [0.3, 0.4) is 0 Å². The number of benzene rings is 2. The zero-order chi connectivity index (χ0) is 19.9. The van der Waals surface area contributed by atoms with Crippen LogP contribution in [0, 0.1) is 13.8 Å². The first-order chi connectivity index (χ1) is 13.3. The Morgan fingerprint density at radius 3 is 2.46 bits per heavy atom. The van der Waals surface area contributed by atoms with Gasteiger partial charge in [-0.2, -0.15) is 0 Å². The highest BCUT2D eigenvalue weighted by Gasteiger charge is 2.17. The summed E-state index contributed by atoms with van der Waals surface area (Å²) in [4.78, 5) is 4.83. The highest BCUT2D eigenvalue weighted by molar-refractivity contribution is 7.92. The lowest BCUT2D eigenvalue weighted by Crippen LogP contribution is -2.14. The van der Waals surface area contributed by atoms with Crippen LogP contribution in [-0.2, 0) is 10.0 Å². The van der Waals surface area contributed by atoms with Gasteiger partial charge in [-0.3, -0.25) is 4.72 Å². The van der Waals surface area contributed by atoms with Crippen LogP contribution in [0.25, 0.3) is 16.9 Å². The lowest BCUT2D eigenvalue weighted by Gasteiger charge is -2.11. The maximum atomic E-state index is 12.7. The molecule has 1 N–H and O–H groups in total. The zero-order valence-corrected chi connectivity index (χ0v) is 16.9. The van der Waals surface area contributed by atoms with Crippen molar-refractivity contribution in [3.05, 3.63) is 83.1 Å². The fourth-order valence-electron chi connectivity index (χ4n) is 3.08. The van der Waals surface area contributed by atoms with E-state index in [2.05, 4.69) is 9.71 Å². The molecule has 28 heavy (non-hydrogen) atoms. The minimum Gasteiger partial charge on any atom is -0.306 e. The summed E-state index contributed by atoms with van der Waals surface area (Å²) in [6.07, 6.45) is 3.91. The molecule has 4 rings (SSSR count). The van der Waals surface area contributed by atoms with E-state index in [-0.39, 0.29) is 4.90 Å². The van der Waals surface area contributed by atoms with E-state index in [0.29, 0.717) is 16.3 Å². The van der Waals surface area contributed by atoms with Gasteiger partial charge in [-0.1, -0.05) is 35.9 Å². The molecule has 4 aromatic rings. The summed E-state index contributed by atoms with van der Waals surface area (Å²) in [7, 11) is -3.72. The van der Waals surface area contributed by atoms with Crippen molar-refractivity contribution in [2.45, 2.75) is 18.7 Å². The van der Waals surface area contributed by atoms with Crippen molar-refractivity contribution in [1.29, 1.82) is 0 Å². The molecule has 7 heteroatoms. The predicted octanol–water partition coefficient (Wildman–Crippen LogP) is 5.07. The lowest BCUT2D eigenvalue weighted by molar-refractivity contribution is 0.600. The zero-order valence-electron chi connectivity index (χ0n) is 15.3. The predicted molar refractivity (Wildman–Crippen MR) is 112 cm³/mol. The second kappa shape index (κ2) is 6.96. The molecule has 0 aliphatic carbocycles. The van der Waals surface area contributed by atoms with Gasteiger partial charge < -0.3 is 4.40 Å². The van der Waals surface area contributed by atoms with Crippen LogP contribution in [0.2, 0.25) is 5.02 Å². The Kier molecular flexibility index (Phi) is 4.61. The Morgan fingerprint density at radius 2 is 1.75 bits per heavy atom. The molecule has 0 saturated heterocycles. The average Bonchev–Trinajstić information content (AvgIpc) is 3.10. The minimum atomic E-state index is -3.72. The van der Waals surface area contributed by atoms with Gasteiger partial charge in [-0.25, -0.2) is 13.4 Å². The van der Waals surface area contributed by atoms with Gasteiger partial charge >= 0.3 is 0 Å². The van der Waals surface area contributed by atoms with Crippen LogP contribution >= 0.6 is 11.6 Å². The smallest absolute Gasteiger partial charge is 0.262 e. The number of aryl methyl sites for hydroxylation is 2. The summed E-state index contributed by atoms with van der Waals surface area (Å²) in [6.45, 7) is 3.75. The van der Waals surface area contributed by atoms with Crippen molar-refractivity contribution >= 4 is 33.0 Å². The van der Waals surface area contributed by atoms with Crippen molar-refractivity contribution in [3.63, 3.8) is 0 Å². The molecule has 0 fully saturated rings. The third-order valence-electron chi connectivity index (χ3n) is 4.55. The maximum absolute atomic E-state index is 12.7. The maximum Gasteiger partial charge on any atom is 0.262 e. The van der Waals surface area contributed by atoms with Crippen LogP contribution < -0.4 is 4.72 Å². The molecule has 0 bridgehead atoms. The number of pyridine rings is 1. The quantitative estimate of drug-likeness (QED) is 0.509. The van der Waals surface area contributed by atoms with Gasteiger partial charge in [0, 0.05) is 28.7 Å². The van der Waals surface area contributed by atoms with E-state index in [1.165, 1.54) is 6.07 Å². The van der Waals surface area contributed by atoms with Crippen LogP contribution in [0.5, 0.6) is 0 Å². The van der Waals surface area contributed by atoms with E-state index in [0.717, 1.165) is 22.5 Å². The van der Waals surface area contributed by atoms with Crippen molar-refractivity contribution in [1.82, 2.24) is 9.38 Å². The second-order valence-corrected chi connectivity index (χ2v) is 8.73. The molecular weight excluding hydrogens is 394 g/mol. The van der Waals surface area contributed by atoms with Gasteiger partial charge in [-0.05, 0) is 55.3 Å². The molecule has 0 aliphatic heterocycles. The summed E-state index contributed by atoms with van der Waals surface area (Å²) in [5.41, 5.74) is 4.84. The van der Waals surface area contributed by atoms with Crippen LogP contribution in [-0.4, -0.2) is 17.8 Å². The van der Waals surface area contributed by atoms with Gasteiger partial charge in [0.1, 0.15) is 5.65 Å². The third kappa shape index (κ3) is 3.48. The second-order valence-electron chi connectivity index (χ2n) is 6.64. The first kappa shape index (κ1) is 18.5. The summed E-state index contributed by atoms with van der Waals surface area (Å²) in [5, 5.41) is 0.378. The largest absolute Gasteiger partial charge is 0.306 e.